The molecule has 1 saturated heterocycles. The Balaban J connectivity index is 1.32. The van der Waals surface area contributed by atoms with E-state index < -0.39 is 10.0 Å². The average molecular weight is 496 g/mol. The fourth-order valence-electron chi connectivity index (χ4n) is 4.76. The molecule has 0 atom stereocenters. The summed E-state index contributed by atoms with van der Waals surface area (Å²) in [6.07, 6.45) is 2.69. The summed E-state index contributed by atoms with van der Waals surface area (Å²) >= 11 is 1.42. The normalized spacial score (nSPS) is 17.3. The van der Waals surface area contributed by atoms with Crippen molar-refractivity contribution in [2.24, 2.45) is 5.92 Å². The fourth-order valence-corrected chi connectivity index (χ4v) is 7.11. The molecule has 2 aromatic carbocycles. The van der Waals surface area contributed by atoms with Gasteiger partial charge in [-0.25, -0.2) is 13.4 Å². The van der Waals surface area contributed by atoms with Gasteiger partial charge in [-0.3, -0.25) is 4.79 Å². The lowest BCUT2D eigenvalue weighted by atomic mass is 10.0. The molecule has 0 spiro atoms. The zero-order chi connectivity index (χ0) is 23.9. The maximum absolute atomic E-state index is 13.2. The van der Waals surface area contributed by atoms with Gasteiger partial charge >= 0.3 is 0 Å². The molecule has 8 heteroatoms. The third-order valence-corrected chi connectivity index (χ3v) is 9.67. The van der Waals surface area contributed by atoms with E-state index in [0.29, 0.717) is 29.7 Å². The van der Waals surface area contributed by atoms with E-state index in [4.69, 9.17) is 4.98 Å². The first-order valence-corrected chi connectivity index (χ1v) is 14.2. The smallest absolute Gasteiger partial charge is 0.243 e. The highest BCUT2D eigenvalue weighted by Gasteiger charge is 2.28. The van der Waals surface area contributed by atoms with Gasteiger partial charge in [-0.2, -0.15) is 4.31 Å². The zero-order valence-electron chi connectivity index (χ0n) is 19.5. The van der Waals surface area contributed by atoms with Crippen LogP contribution in [0.3, 0.4) is 0 Å². The van der Waals surface area contributed by atoms with Gasteiger partial charge in [-0.1, -0.05) is 36.9 Å². The molecule has 0 unspecified atom stereocenters. The van der Waals surface area contributed by atoms with Crippen molar-refractivity contribution in [1.82, 2.24) is 9.29 Å². The number of anilines is 1. The Morgan fingerprint density at radius 3 is 2.65 bits per heavy atom. The SMILES string of the molecule is Cc1cc(SCC(=O)N2CCc3ccccc32)nc2ccc(S(=O)(=O)N3CCC(C)CC3)cc12. The van der Waals surface area contributed by atoms with Crippen LogP contribution in [0.25, 0.3) is 10.9 Å². The number of carbonyl (C=O) groups is 1. The number of carbonyl (C=O) groups excluding carboxylic acids is 1. The summed E-state index contributed by atoms with van der Waals surface area (Å²) in [7, 11) is -3.51. The number of hydrogen-bond donors (Lipinski definition) is 0. The summed E-state index contributed by atoms with van der Waals surface area (Å²) < 4.78 is 27.9. The average Bonchev–Trinajstić information content (AvgIpc) is 3.27. The van der Waals surface area contributed by atoms with Gasteiger partial charge in [0.1, 0.15) is 0 Å². The number of aromatic nitrogens is 1. The highest BCUT2D eigenvalue weighted by atomic mass is 32.2. The molecule has 3 aromatic rings. The first-order valence-electron chi connectivity index (χ1n) is 11.8. The molecule has 2 aliphatic heterocycles. The summed E-state index contributed by atoms with van der Waals surface area (Å²) in [4.78, 5) is 19.7. The van der Waals surface area contributed by atoms with E-state index in [9.17, 15) is 13.2 Å². The van der Waals surface area contributed by atoms with E-state index in [1.54, 1.807) is 22.5 Å². The molecule has 34 heavy (non-hydrogen) atoms. The van der Waals surface area contributed by atoms with Gasteiger partial charge in [0.2, 0.25) is 15.9 Å². The maximum atomic E-state index is 13.2. The lowest BCUT2D eigenvalue weighted by molar-refractivity contribution is -0.116. The van der Waals surface area contributed by atoms with Crippen molar-refractivity contribution in [3.8, 4) is 0 Å². The Hall–Kier alpha value is -2.42. The Morgan fingerprint density at radius 2 is 1.85 bits per heavy atom. The highest BCUT2D eigenvalue weighted by Crippen LogP contribution is 2.31. The second-order valence-electron chi connectivity index (χ2n) is 9.26. The molecule has 2 aliphatic rings. The van der Waals surface area contributed by atoms with Crippen LogP contribution in [-0.4, -0.2) is 49.0 Å². The van der Waals surface area contributed by atoms with E-state index in [-0.39, 0.29) is 5.91 Å². The Kier molecular flexibility index (Phi) is 6.39. The van der Waals surface area contributed by atoms with Crippen molar-refractivity contribution in [2.75, 3.05) is 30.3 Å². The molecule has 0 bridgehead atoms. The molecule has 0 N–H and O–H groups in total. The Labute approximate surface area is 205 Å². The Bertz CT molecular complexity index is 1350. The molecule has 178 valence electrons. The van der Waals surface area contributed by atoms with Gasteiger partial charge in [-0.15, -0.1) is 0 Å². The van der Waals surface area contributed by atoms with Gasteiger partial charge < -0.3 is 4.90 Å². The number of nitrogens with zero attached hydrogens (tertiary/aromatic N) is 3. The molecule has 0 aliphatic carbocycles. The summed E-state index contributed by atoms with van der Waals surface area (Å²) in [6, 6.07) is 15.2. The predicted molar refractivity (Wildman–Crippen MR) is 137 cm³/mol. The number of pyridine rings is 1. The predicted octanol–water partition coefficient (Wildman–Crippen LogP) is 4.65. The van der Waals surface area contributed by atoms with Gasteiger partial charge in [-0.05, 0) is 73.6 Å². The van der Waals surface area contributed by atoms with E-state index in [1.165, 1.54) is 17.3 Å². The van der Waals surface area contributed by atoms with Gasteiger partial charge in [0, 0.05) is 30.7 Å². The number of para-hydroxylation sites is 1. The van der Waals surface area contributed by atoms with Crippen LogP contribution in [-0.2, 0) is 21.2 Å². The lowest BCUT2D eigenvalue weighted by Crippen LogP contribution is -2.37. The van der Waals surface area contributed by atoms with Crippen LogP contribution >= 0.6 is 11.8 Å². The molecule has 1 aromatic heterocycles. The summed E-state index contributed by atoms with van der Waals surface area (Å²) in [5, 5.41) is 1.60. The van der Waals surface area contributed by atoms with Crippen LogP contribution in [0.15, 0.2) is 58.5 Å². The van der Waals surface area contributed by atoms with Crippen LogP contribution in [0.5, 0.6) is 0 Å². The molecule has 6 nitrogen and oxygen atoms in total. The maximum Gasteiger partial charge on any atom is 0.243 e. The third-order valence-electron chi connectivity index (χ3n) is 6.88. The van der Waals surface area contributed by atoms with Crippen molar-refractivity contribution < 1.29 is 13.2 Å². The summed E-state index contributed by atoms with van der Waals surface area (Å²) in [5.41, 5.74) is 3.92. The van der Waals surface area contributed by atoms with E-state index in [1.807, 2.05) is 36.1 Å². The number of thioether (sulfide) groups is 1. The lowest BCUT2D eigenvalue weighted by Gasteiger charge is -2.29. The molecular formula is C26H29N3O3S2. The number of piperidine rings is 1. The third kappa shape index (κ3) is 4.46. The van der Waals surface area contributed by atoms with Gasteiger partial charge in [0.15, 0.2) is 0 Å². The standard InChI is InChI=1S/C26H29N3O3S2/c1-18-9-12-28(13-10-18)34(31,32)21-7-8-23-22(16-21)19(2)15-25(27-23)33-17-26(30)29-14-11-20-5-3-4-6-24(20)29/h3-8,15-16,18H,9-14,17H2,1-2H3. The summed E-state index contributed by atoms with van der Waals surface area (Å²) in [5.74, 6) is 0.955. The topological polar surface area (TPSA) is 70.6 Å². The van der Waals surface area contributed by atoms with Crippen molar-refractivity contribution in [3.05, 3.63) is 59.7 Å². The van der Waals surface area contributed by atoms with E-state index >= 15 is 0 Å². The second-order valence-corrected chi connectivity index (χ2v) is 12.2. The number of fused-ring (bicyclic) bond motifs is 2. The minimum Gasteiger partial charge on any atom is -0.311 e. The van der Waals surface area contributed by atoms with Gasteiger partial charge in [0.05, 0.1) is 21.2 Å². The summed E-state index contributed by atoms with van der Waals surface area (Å²) in [6.45, 7) is 6.00. The van der Waals surface area contributed by atoms with Crippen LogP contribution in [0, 0.1) is 12.8 Å². The van der Waals surface area contributed by atoms with Gasteiger partial charge in [0.25, 0.3) is 0 Å². The van der Waals surface area contributed by atoms with Crippen LogP contribution in [0.2, 0.25) is 0 Å². The number of hydrogen-bond acceptors (Lipinski definition) is 5. The Morgan fingerprint density at radius 1 is 1.09 bits per heavy atom. The van der Waals surface area contributed by atoms with Crippen LogP contribution in [0.4, 0.5) is 5.69 Å². The molecule has 1 fully saturated rings. The molecule has 0 radical (unpaired) electrons. The number of amides is 1. The zero-order valence-corrected chi connectivity index (χ0v) is 21.2. The van der Waals surface area contributed by atoms with Crippen molar-refractivity contribution >= 4 is 44.3 Å². The molecule has 1 amide bonds. The molecule has 0 saturated carbocycles. The molecule has 5 rings (SSSR count). The first-order chi connectivity index (χ1) is 16.3. The van der Waals surface area contributed by atoms with Crippen molar-refractivity contribution in [2.45, 2.75) is 43.0 Å². The first kappa shape index (κ1) is 23.3. The number of benzene rings is 2. The largest absolute Gasteiger partial charge is 0.311 e. The molecular weight excluding hydrogens is 466 g/mol. The van der Waals surface area contributed by atoms with E-state index in [2.05, 4.69) is 13.0 Å². The van der Waals surface area contributed by atoms with Crippen molar-refractivity contribution in [3.63, 3.8) is 0 Å². The number of sulfonamides is 1. The minimum absolute atomic E-state index is 0.0757. The quantitative estimate of drug-likeness (QED) is 0.482. The van der Waals surface area contributed by atoms with Crippen molar-refractivity contribution in [1.29, 1.82) is 0 Å². The van der Waals surface area contributed by atoms with Crippen LogP contribution in [0.1, 0.15) is 30.9 Å². The number of aryl methyl sites for hydroxylation is 1. The highest BCUT2D eigenvalue weighted by molar-refractivity contribution is 7.99. The second kappa shape index (κ2) is 9.32. The molecule has 3 heterocycles. The van der Waals surface area contributed by atoms with E-state index in [0.717, 1.165) is 53.0 Å². The fraction of sp³-hybridized carbons (Fsp3) is 0.385. The number of rotatable bonds is 5. The monoisotopic (exact) mass is 495 g/mol. The van der Waals surface area contributed by atoms with Crippen LogP contribution < -0.4 is 4.90 Å². The minimum atomic E-state index is -3.51.